The van der Waals surface area contributed by atoms with E-state index in [9.17, 15) is 4.79 Å². The fourth-order valence-electron chi connectivity index (χ4n) is 2.82. The van der Waals surface area contributed by atoms with Crippen LogP contribution in [-0.4, -0.2) is 35.9 Å². The van der Waals surface area contributed by atoms with E-state index in [4.69, 9.17) is 0 Å². The highest BCUT2D eigenvalue weighted by molar-refractivity contribution is 5.95. The Morgan fingerprint density at radius 3 is 2.79 bits per heavy atom. The molecule has 1 fully saturated rings. The number of carbonyl (C=O) groups is 1. The van der Waals surface area contributed by atoms with Crippen LogP contribution in [0.4, 0.5) is 5.82 Å². The van der Waals surface area contributed by atoms with Crippen LogP contribution in [-0.2, 0) is 0 Å². The molecule has 1 aromatic heterocycles. The quantitative estimate of drug-likeness (QED) is 0.906. The number of hydrogen-bond acceptors (Lipinski definition) is 3. The lowest BCUT2D eigenvalue weighted by Gasteiger charge is -2.26. The van der Waals surface area contributed by atoms with Gasteiger partial charge in [0.15, 0.2) is 0 Å². The normalized spacial score (nSPS) is 17.5. The van der Waals surface area contributed by atoms with Gasteiger partial charge in [-0.15, -0.1) is 0 Å². The predicted octanol–water partition coefficient (Wildman–Crippen LogP) is 2.78. The summed E-state index contributed by atoms with van der Waals surface area (Å²) >= 11 is 0. The number of pyridine rings is 1. The molecule has 0 saturated carbocycles. The molecule has 0 bridgehead atoms. The van der Waals surface area contributed by atoms with Crippen molar-refractivity contribution in [2.45, 2.75) is 33.1 Å². The van der Waals surface area contributed by atoms with Crippen LogP contribution in [0.15, 0.2) is 18.3 Å². The molecule has 1 aromatic rings. The first kappa shape index (κ1) is 13.8. The number of nitrogens with zero attached hydrogens (tertiary/aromatic N) is 2. The van der Waals surface area contributed by atoms with Crippen molar-refractivity contribution in [2.75, 3.05) is 25.5 Å². The van der Waals surface area contributed by atoms with Crippen LogP contribution in [0.1, 0.15) is 43.5 Å². The topological polar surface area (TPSA) is 45.2 Å². The summed E-state index contributed by atoms with van der Waals surface area (Å²) in [6.45, 7) is 6.21. The maximum absolute atomic E-state index is 12.5. The smallest absolute Gasteiger partial charge is 0.254 e. The van der Waals surface area contributed by atoms with Gasteiger partial charge < -0.3 is 10.2 Å². The van der Waals surface area contributed by atoms with Crippen LogP contribution in [0.5, 0.6) is 0 Å². The van der Waals surface area contributed by atoms with Gasteiger partial charge in [0.25, 0.3) is 5.91 Å². The molecule has 0 radical (unpaired) electrons. The molecule has 0 spiro atoms. The third-order valence-electron chi connectivity index (χ3n) is 4.49. The first-order valence-electron chi connectivity index (χ1n) is 7.07. The fourth-order valence-corrected chi connectivity index (χ4v) is 2.82. The van der Waals surface area contributed by atoms with Gasteiger partial charge in [0.05, 0.1) is 0 Å². The molecule has 19 heavy (non-hydrogen) atoms. The average molecular weight is 261 g/mol. The fraction of sp³-hybridized carbons (Fsp3) is 0.600. The molecule has 104 valence electrons. The van der Waals surface area contributed by atoms with E-state index in [0.29, 0.717) is 5.41 Å². The zero-order valence-electron chi connectivity index (χ0n) is 12.1. The van der Waals surface area contributed by atoms with Crippen molar-refractivity contribution < 1.29 is 4.79 Å². The zero-order chi connectivity index (χ0) is 13.9. The van der Waals surface area contributed by atoms with E-state index < -0.39 is 0 Å². The van der Waals surface area contributed by atoms with E-state index >= 15 is 0 Å². The van der Waals surface area contributed by atoms with Gasteiger partial charge >= 0.3 is 0 Å². The Labute approximate surface area is 115 Å². The summed E-state index contributed by atoms with van der Waals surface area (Å²) in [4.78, 5) is 18.6. The van der Waals surface area contributed by atoms with Crippen LogP contribution < -0.4 is 5.32 Å². The SMILES string of the molecule is CCC1(CC)CCN(C(=O)c2ccnc(NC)c2)C1. The number of aromatic nitrogens is 1. The molecule has 0 unspecified atom stereocenters. The lowest BCUT2D eigenvalue weighted by molar-refractivity contribution is 0.0770. The molecule has 4 nitrogen and oxygen atoms in total. The third kappa shape index (κ3) is 2.72. The van der Waals surface area contributed by atoms with Crippen molar-refractivity contribution in [3.05, 3.63) is 23.9 Å². The van der Waals surface area contributed by atoms with Crippen molar-refractivity contribution in [2.24, 2.45) is 5.41 Å². The zero-order valence-corrected chi connectivity index (χ0v) is 12.1. The highest BCUT2D eigenvalue weighted by Gasteiger charge is 2.37. The summed E-state index contributed by atoms with van der Waals surface area (Å²) in [5.41, 5.74) is 1.05. The van der Waals surface area contributed by atoms with Gasteiger partial charge in [0, 0.05) is 31.9 Å². The molecule has 1 N–H and O–H groups in total. The van der Waals surface area contributed by atoms with Crippen molar-refractivity contribution in [3.63, 3.8) is 0 Å². The number of nitrogens with one attached hydrogen (secondary N) is 1. The van der Waals surface area contributed by atoms with E-state index in [1.165, 1.54) is 0 Å². The van der Waals surface area contributed by atoms with E-state index in [0.717, 1.165) is 43.7 Å². The molecule has 1 saturated heterocycles. The van der Waals surface area contributed by atoms with Crippen LogP contribution in [0.25, 0.3) is 0 Å². The predicted molar refractivity (Wildman–Crippen MR) is 77.3 cm³/mol. The summed E-state index contributed by atoms with van der Waals surface area (Å²) < 4.78 is 0. The van der Waals surface area contributed by atoms with E-state index in [1.807, 2.05) is 18.0 Å². The Morgan fingerprint density at radius 1 is 1.47 bits per heavy atom. The van der Waals surface area contributed by atoms with Gasteiger partial charge in [-0.05, 0) is 36.8 Å². The molecule has 1 amide bonds. The minimum atomic E-state index is 0.127. The van der Waals surface area contributed by atoms with Crippen molar-refractivity contribution in [1.82, 2.24) is 9.88 Å². The molecular weight excluding hydrogens is 238 g/mol. The second kappa shape index (κ2) is 5.59. The van der Waals surface area contributed by atoms with E-state index in [-0.39, 0.29) is 5.91 Å². The monoisotopic (exact) mass is 261 g/mol. The van der Waals surface area contributed by atoms with Gasteiger partial charge in [-0.25, -0.2) is 4.98 Å². The number of amides is 1. The van der Waals surface area contributed by atoms with E-state index in [2.05, 4.69) is 24.1 Å². The third-order valence-corrected chi connectivity index (χ3v) is 4.49. The lowest BCUT2D eigenvalue weighted by atomic mass is 9.82. The largest absolute Gasteiger partial charge is 0.373 e. The van der Waals surface area contributed by atoms with Gasteiger partial charge in [0.2, 0.25) is 0 Å². The Morgan fingerprint density at radius 2 is 2.21 bits per heavy atom. The lowest BCUT2D eigenvalue weighted by Crippen LogP contribution is -2.31. The van der Waals surface area contributed by atoms with Gasteiger partial charge in [-0.2, -0.15) is 0 Å². The second-order valence-corrected chi connectivity index (χ2v) is 5.36. The first-order valence-corrected chi connectivity index (χ1v) is 7.07. The van der Waals surface area contributed by atoms with Gasteiger partial charge in [-0.3, -0.25) is 4.79 Å². The molecule has 0 aliphatic carbocycles. The van der Waals surface area contributed by atoms with Crippen molar-refractivity contribution in [1.29, 1.82) is 0 Å². The molecule has 2 rings (SSSR count). The van der Waals surface area contributed by atoms with E-state index in [1.54, 1.807) is 12.3 Å². The minimum absolute atomic E-state index is 0.127. The molecule has 0 atom stereocenters. The maximum atomic E-state index is 12.5. The minimum Gasteiger partial charge on any atom is -0.373 e. The number of anilines is 1. The standard InChI is InChI=1S/C15H23N3O/c1-4-15(5-2)7-9-18(11-15)14(19)12-6-8-17-13(10-12)16-3/h6,8,10H,4-5,7,9,11H2,1-3H3,(H,16,17). The van der Waals surface area contributed by atoms with Crippen LogP contribution >= 0.6 is 0 Å². The maximum Gasteiger partial charge on any atom is 0.254 e. The number of hydrogen-bond donors (Lipinski definition) is 1. The Kier molecular flexibility index (Phi) is 4.08. The Bertz CT molecular complexity index is 454. The molecule has 1 aliphatic rings. The van der Waals surface area contributed by atoms with Gasteiger partial charge in [0.1, 0.15) is 5.82 Å². The molecule has 4 heteroatoms. The summed E-state index contributed by atoms with van der Waals surface area (Å²) in [6, 6.07) is 3.61. The number of likely N-dealkylation sites (tertiary alicyclic amines) is 1. The molecule has 2 heterocycles. The summed E-state index contributed by atoms with van der Waals surface area (Å²) in [5.74, 6) is 0.866. The summed E-state index contributed by atoms with van der Waals surface area (Å²) in [5, 5.41) is 2.97. The average Bonchev–Trinajstić information content (AvgIpc) is 2.91. The second-order valence-electron chi connectivity index (χ2n) is 5.36. The Balaban J connectivity index is 2.13. The van der Waals surface area contributed by atoms with Gasteiger partial charge in [-0.1, -0.05) is 13.8 Å². The van der Waals surface area contributed by atoms with Crippen LogP contribution in [0.2, 0.25) is 0 Å². The summed E-state index contributed by atoms with van der Waals surface area (Å²) in [7, 11) is 1.81. The van der Waals surface area contributed by atoms with Crippen LogP contribution in [0, 0.1) is 5.41 Å². The summed E-state index contributed by atoms with van der Waals surface area (Å²) in [6.07, 6.45) is 5.09. The Hall–Kier alpha value is -1.58. The molecular formula is C15H23N3O. The first-order chi connectivity index (χ1) is 9.14. The molecule has 1 aliphatic heterocycles. The van der Waals surface area contributed by atoms with Crippen molar-refractivity contribution >= 4 is 11.7 Å². The highest BCUT2D eigenvalue weighted by Crippen LogP contribution is 2.37. The number of carbonyl (C=O) groups excluding carboxylic acids is 1. The highest BCUT2D eigenvalue weighted by atomic mass is 16.2. The van der Waals surface area contributed by atoms with Crippen molar-refractivity contribution in [3.8, 4) is 0 Å². The van der Waals surface area contributed by atoms with Crippen LogP contribution in [0.3, 0.4) is 0 Å². The molecule has 0 aromatic carbocycles. The number of rotatable bonds is 4.